The van der Waals surface area contributed by atoms with Gasteiger partial charge in [0, 0.05) is 25.1 Å². The van der Waals surface area contributed by atoms with E-state index in [9.17, 15) is 19.3 Å². The number of aliphatic hydroxyl groups excluding tert-OH is 1. The van der Waals surface area contributed by atoms with Crippen LogP contribution in [0.4, 0.5) is 0 Å². The molecule has 0 aromatic carbocycles. The second-order valence-electron chi connectivity index (χ2n) is 5.35. The normalized spacial score (nSPS) is 26.3. The minimum atomic E-state index is -3.37. The molecule has 1 aromatic rings. The maximum absolute atomic E-state index is 12.5. The predicted octanol–water partition coefficient (Wildman–Crippen LogP) is 0.724. The zero-order valence-corrected chi connectivity index (χ0v) is 16.4. The molecule has 2 N–H and O–H groups in total. The summed E-state index contributed by atoms with van der Waals surface area (Å²) in [5.41, 5.74) is -1.22. The number of hydrogen-bond acceptors (Lipinski definition) is 9. The van der Waals surface area contributed by atoms with Gasteiger partial charge in [-0.15, -0.1) is 0 Å². The Labute approximate surface area is 154 Å². The molecule has 1 aliphatic heterocycles. The number of ether oxygens (including phenoxy) is 2. The van der Waals surface area contributed by atoms with Crippen LogP contribution < -0.4 is 11.2 Å². The van der Waals surface area contributed by atoms with Gasteiger partial charge in [0.15, 0.2) is 6.23 Å². The second-order valence-corrected chi connectivity index (χ2v) is 9.47. The van der Waals surface area contributed by atoms with Crippen LogP contribution in [0.5, 0.6) is 0 Å². The Bertz CT molecular complexity index is 743. The maximum Gasteiger partial charge on any atom is 0.389 e. The topological polar surface area (TPSA) is 129 Å². The van der Waals surface area contributed by atoms with Crippen molar-refractivity contribution in [3.05, 3.63) is 33.1 Å². The van der Waals surface area contributed by atoms with E-state index in [-0.39, 0.29) is 19.0 Å². The van der Waals surface area contributed by atoms with Crippen molar-refractivity contribution in [2.45, 2.75) is 38.4 Å². The molecule has 0 bridgehead atoms. The fourth-order valence-corrected chi connectivity index (χ4v) is 6.08. The molecule has 1 fully saturated rings. The molecular weight excluding hydrogens is 387 g/mol. The first-order valence-corrected chi connectivity index (χ1v) is 11.2. The molecule has 1 aliphatic rings. The Morgan fingerprint density at radius 1 is 1.35 bits per heavy atom. The summed E-state index contributed by atoms with van der Waals surface area (Å²) in [7, 11) is 1.38. The second kappa shape index (κ2) is 9.32. The first-order valence-electron chi connectivity index (χ1n) is 8.06. The van der Waals surface area contributed by atoms with E-state index >= 15 is 0 Å². The third-order valence-electron chi connectivity index (χ3n) is 3.68. The SMILES string of the molecule is CCOP(=O)(OCC)SC[C@H]1O[C@@H](n2ccc(=O)[nH]c2=O)C(OC)[C@H]1O. The number of hydrogen-bond donors (Lipinski definition) is 2. The van der Waals surface area contributed by atoms with Gasteiger partial charge in [-0.3, -0.25) is 14.3 Å². The van der Waals surface area contributed by atoms with Gasteiger partial charge in [-0.05, 0) is 25.2 Å². The van der Waals surface area contributed by atoms with Crippen molar-refractivity contribution in [1.29, 1.82) is 0 Å². The molecule has 26 heavy (non-hydrogen) atoms. The molecule has 0 saturated carbocycles. The number of nitrogens with zero attached hydrogens (tertiary/aromatic N) is 1. The molecule has 0 radical (unpaired) electrons. The van der Waals surface area contributed by atoms with E-state index in [1.165, 1.54) is 19.4 Å². The van der Waals surface area contributed by atoms with Crippen LogP contribution in [0, 0.1) is 0 Å². The molecule has 0 spiro atoms. The van der Waals surface area contributed by atoms with E-state index in [1.54, 1.807) is 13.8 Å². The lowest BCUT2D eigenvalue weighted by atomic mass is 10.1. The highest BCUT2D eigenvalue weighted by Crippen LogP contribution is 2.61. The van der Waals surface area contributed by atoms with E-state index in [1.807, 2.05) is 0 Å². The van der Waals surface area contributed by atoms with E-state index in [0.29, 0.717) is 0 Å². The summed E-state index contributed by atoms with van der Waals surface area (Å²) in [5, 5.41) is 10.5. The highest BCUT2D eigenvalue weighted by atomic mass is 32.7. The summed E-state index contributed by atoms with van der Waals surface area (Å²) in [6.45, 7) is 0.470. The lowest BCUT2D eigenvalue weighted by Gasteiger charge is -2.20. The molecule has 2 rings (SSSR count). The molecule has 0 aliphatic carbocycles. The van der Waals surface area contributed by atoms with Crippen LogP contribution in [0.2, 0.25) is 0 Å². The van der Waals surface area contributed by atoms with Gasteiger partial charge in [0.1, 0.15) is 12.2 Å². The third kappa shape index (κ3) is 4.86. The Balaban J connectivity index is 2.15. The summed E-state index contributed by atoms with van der Waals surface area (Å²) in [6.07, 6.45) is -2.37. The molecule has 0 amide bonds. The quantitative estimate of drug-likeness (QED) is 0.566. The van der Waals surface area contributed by atoms with Crippen LogP contribution in [0.25, 0.3) is 0 Å². The fourth-order valence-electron chi connectivity index (χ4n) is 2.56. The molecule has 2 heterocycles. The summed E-state index contributed by atoms with van der Waals surface area (Å²) in [5.74, 6) is 0.104. The summed E-state index contributed by atoms with van der Waals surface area (Å²) in [4.78, 5) is 25.3. The van der Waals surface area contributed by atoms with Gasteiger partial charge >= 0.3 is 12.5 Å². The van der Waals surface area contributed by atoms with E-state index < -0.39 is 42.6 Å². The average Bonchev–Trinajstić information content (AvgIpc) is 2.89. The third-order valence-corrected chi connectivity index (χ3v) is 7.65. The number of rotatable bonds is 9. The smallest absolute Gasteiger partial charge is 0.387 e. The van der Waals surface area contributed by atoms with Crippen LogP contribution in [-0.2, 0) is 23.1 Å². The monoisotopic (exact) mass is 410 g/mol. The first kappa shape index (κ1) is 21.4. The van der Waals surface area contributed by atoms with Gasteiger partial charge in [0.05, 0.1) is 19.3 Å². The molecule has 12 heteroatoms. The lowest BCUT2D eigenvalue weighted by molar-refractivity contribution is -0.0511. The molecule has 1 aromatic heterocycles. The molecule has 148 valence electrons. The van der Waals surface area contributed by atoms with E-state index in [2.05, 4.69) is 4.98 Å². The van der Waals surface area contributed by atoms with Gasteiger partial charge in [0.25, 0.3) is 5.56 Å². The van der Waals surface area contributed by atoms with Crippen LogP contribution in [-0.4, -0.2) is 59.0 Å². The average molecular weight is 410 g/mol. The van der Waals surface area contributed by atoms with Crippen molar-refractivity contribution in [1.82, 2.24) is 9.55 Å². The summed E-state index contributed by atoms with van der Waals surface area (Å²) < 4.78 is 35.1. The standard InChI is InChI=1S/C14H23N2O8PS/c1-4-22-25(20,23-5-2)26-8-9-11(18)12(21-3)13(24-9)16-7-6-10(17)15-14(16)19/h6-7,9,11-13,18H,4-5,8H2,1-3H3,(H,15,17,19)/t9-,11+,12?,13-/m1/s1. The Morgan fingerprint density at radius 3 is 2.54 bits per heavy atom. The fraction of sp³-hybridized carbons (Fsp3) is 0.714. The lowest BCUT2D eigenvalue weighted by Crippen LogP contribution is -2.38. The van der Waals surface area contributed by atoms with Crippen molar-refractivity contribution in [2.24, 2.45) is 0 Å². The first-order chi connectivity index (χ1) is 12.3. The van der Waals surface area contributed by atoms with E-state index in [0.717, 1.165) is 15.9 Å². The largest absolute Gasteiger partial charge is 0.389 e. The van der Waals surface area contributed by atoms with Crippen LogP contribution >= 0.6 is 18.2 Å². The Morgan fingerprint density at radius 2 is 2.00 bits per heavy atom. The van der Waals surface area contributed by atoms with Gasteiger partial charge in [-0.2, -0.15) is 0 Å². The molecule has 10 nitrogen and oxygen atoms in total. The van der Waals surface area contributed by atoms with Crippen LogP contribution in [0.1, 0.15) is 20.1 Å². The summed E-state index contributed by atoms with van der Waals surface area (Å²) in [6, 6.07) is 1.17. The Hall–Kier alpha value is -0.940. The Kier molecular flexibility index (Phi) is 7.65. The van der Waals surface area contributed by atoms with Crippen molar-refractivity contribution in [2.75, 3.05) is 26.1 Å². The highest BCUT2D eigenvalue weighted by molar-refractivity contribution is 8.55. The molecule has 4 atom stereocenters. The van der Waals surface area contributed by atoms with Gasteiger partial charge < -0.3 is 23.6 Å². The minimum Gasteiger partial charge on any atom is -0.387 e. The van der Waals surface area contributed by atoms with Crippen molar-refractivity contribution in [3.63, 3.8) is 0 Å². The number of aromatic amines is 1. The van der Waals surface area contributed by atoms with Crippen LogP contribution in [0.15, 0.2) is 21.9 Å². The van der Waals surface area contributed by atoms with E-state index in [4.69, 9.17) is 18.5 Å². The van der Waals surface area contributed by atoms with Crippen LogP contribution in [0.3, 0.4) is 0 Å². The zero-order valence-electron chi connectivity index (χ0n) is 14.7. The van der Waals surface area contributed by atoms with Crippen molar-refractivity contribution in [3.8, 4) is 0 Å². The number of methoxy groups -OCH3 is 1. The van der Waals surface area contributed by atoms with Crippen molar-refractivity contribution < 1.29 is 28.2 Å². The number of H-pyrrole nitrogens is 1. The maximum atomic E-state index is 12.5. The van der Waals surface area contributed by atoms with Gasteiger partial charge in [-0.25, -0.2) is 9.36 Å². The highest BCUT2D eigenvalue weighted by Gasteiger charge is 2.46. The summed E-state index contributed by atoms with van der Waals surface area (Å²) >= 11 is 0.916. The number of aromatic nitrogens is 2. The zero-order chi connectivity index (χ0) is 19.3. The molecule has 1 saturated heterocycles. The predicted molar refractivity (Wildman–Crippen MR) is 95.4 cm³/mol. The molecule has 1 unspecified atom stereocenters. The number of aliphatic hydroxyl groups is 1. The number of nitrogens with one attached hydrogen (secondary N) is 1. The van der Waals surface area contributed by atoms with Gasteiger partial charge in [0.2, 0.25) is 0 Å². The van der Waals surface area contributed by atoms with Gasteiger partial charge in [-0.1, -0.05) is 0 Å². The molecular formula is C14H23N2O8PS. The minimum absolute atomic E-state index is 0.104. The van der Waals surface area contributed by atoms with Crippen molar-refractivity contribution >= 4 is 18.2 Å².